The number of H-pyrrole nitrogens is 1. The molecule has 0 bridgehead atoms. The van der Waals surface area contributed by atoms with Crippen molar-refractivity contribution in [2.24, 2.45) is 0 Å². The van der Waals surface area contributed by atoms with Gasteiger partial charge < -0.3 is 5.32 Å². The van der Waals surface area contributed by atoms with Gasteiger partial charge in [0.05, 0.1) is 22.5 Å². The van der Waals surface area contributed by atoms with Gasteiger partial charge in [0, 0.05) is 10.8 Å². The fourth-order valence-corrected chi connectivity index (χ4v) is 4.00. The molecule has 9 heteroatoms. The molecule has 1 aromatic carbocycles. The van der Waals surface area contributed by atoms with Crippen LogP contribution in [0.3, 0.4) is 0 Å². The van der Waals surface area contributed by atoms with E-state index in [4.69, 9.17) is 0 Å². The molecule has 5 rings (SSSR count). The van der Waals surface area contributed by atoms with E-state index in [0.29, 0.717) is 17.3 Å². The van der Waals surface area contributed by atoms with Gasteiger partial charge in [-0.25, -0.2) is 14.3 Å². The third kappa shape index (κ3) is 3.08. The molecule has 0 aliphatic rings. The zero-order chi connectivity index (χ0) is 19.1. The molecule has 0 spiro atoms. The molecular formula is C19H15N7OS. The van der Waals surface area contributed by atoms with Crippen molar-refractivity contribution in [2.45, 2.75) is 6.92 Å². The van der Waals surface area contributed by atoms with Crippen LogP contribution in [-0.4, -0.2) is 30.8 Å². The summed E-state index contributed by atoms with van der Waals surface area (Å²) in [6, 6.07) is 15.3. The Balaban J connectivity index is 1.31. The number of carbonyl (C=O) groups is 1. The van der Waals surface area contributed by atoms with E-state index in [-0.39, 0.29) is 6.03 Å². The van der Waals surface area contributed by atoms with E-state index in [1.54, 1.807) is 34.2 Å². The molecule has 8 nitrogen and oxygen atoms in total. The number of rotatable bonds is 3. The highest BCUT2D eigenvalue weighted by Crippen LogP contribution is 2.33. The molecule has 4 heterocycles. The summed E-state index contributed by atoms with van der Waals surface area (Å²) in [5, 5.41) is 18.1. The molecule has 0 fully saturated rings. The zero-order valence-corrected chi connectivity index (χ0v) is 15.6. The third-order valence-electron chi connectivity index (χ3n) is 4.21. The number of carbonyl (C=O) groups excluding carboxylic acids is 1. The number of aromatic nitrogens is 5. The van der Waals surface area contributed by atoms with Gasteiger partial charge in [-0.2, -0.15) is 10.2 Å². The first-order chi connectivity index (χ1) is 13.6. The first-order valence-electron chi connectivity index (χ1n) is 8.59. The summed E-state index contributed by atoms with van der Waals surface area (Å²) in [6.45, 7) is 1.82. The summed E-state index contributed by atoms with van der Waals surface area (Å²) < 4.78 is 2.83. The molecule has 28 heavy (non-hydrogen) atoms. The number of hydrogen-bond donors (Lipinski definition) is 3. The lowest BCUT2D eigenvalue weighted by Gasteiger charge is -2.05. The number of pyridine rings is 1. The molecule has 2 amide bonds. The Labute approximate surface area is 163 Å². The standard InChI is InChI=1S/C19H15N7OS/c1-11-20-18-7-6-13(10-26(18)25-11)21-19(27)22-17-9-14(23-24-17)16-8-12-4-2-3-5-15(12)28-16/h2-10H,1H3,(H3,21,22,23,24,27). The van der Waals surface area contributed by atoms with Crippen LogP contribution in [0.2, 0.25) is 0 Å². The second-order valence-corrected chi connectivity index (χ2v) is 7.36. The highest BCUT2D eigenvalue weighted by atomic mass is 32.1. The van der Waals surface area contributed by atoms with Crippen LogP contribution in [0, 0.1) is 6.92 Å². The number of urea groups is 1. The van der Waals surface area contributed by atoms with Gasteiger partial charge in [-0.05, 0) is 36.6 Å². The number of hydrogen-bond acceptors (Lipinski definition) is 5. The van der Waals surface area contributed by atoms with E-state index in [9.17, 15) is 4.79 Å². The maximum absolute atomic E-state index is 12.3. The maximum atomic E-state index is 12.3. The Kier molecular flexibility index (Phi) is 3.80. The molecule has 138 valence electrons. The van der Waals surface area contributed by atoms with Gasteiger partial charge in [0.25, 0.3) is 0 Å². The Hall–Kier alpha value is -3.72. The number of anilines is 2. The number of nitrogens with zero attached hydrogens (tertiary/aromatic N) is 4. The van der Waals surface area contributed by atoms with Crippen molar-refractivity contribution in [1.29, 1.82) is 0 Å². The van der Waals surface area contributed by atoms with Crippen LogP contribution in [0.25, 0.3) is 26.3 Å². The lowest BCUT2D eigenvalue weighted by atomic mass is 10.2. The summed E-state index contributed by atoms with van der Waals surface area (Å²) in [5.41, 5.74) is 2.19. The number of amides is 2. The number of thiophene rings is 1. The highest BCUT2D eigenvalue weighted by molar-refractivity contribution is 7.22. The largest absolute Gasteiger partial charge is 0.324 e. The van der Waals surface area contributed by atoms with Crippen molar-refractivity contribution in [3.63, 3.8) is 0 Å². The van der Waals surface area contributed by atoms with E-state index >= 15 is 0 Å². The Morgan fingerprint density at radius 3 is 2.93 bits per heavy atom. The quantitative estimate of drug-likeness (QED) is 0.429. The molecule has 4 aromatic heterocycles. The van der Waals surface area contributed by atoms with Crippen molar-refractivity contribution in [3.8, 4) is 10.6 Å². The molecule has 0 saturated heterocycles. The minimum absolute atomic E-state index is 0.384. The van der Waals surface area contributed by atoms with Gasteiger partial charge >= 0.3 is 6.03 Å². The van der Waals surface area contributed by atoms with Gasteiger partial charge in [0.2, 0.25) is 0 Å². The smallest absolute Gasteiger partial charge is 0.306 e. The zero-order valence-electron chi connectivity index (χ0n) is 14.8. The predicted octanol–water partition coefficient (Wildman–Crippen LogP) is 4.29. The number of nitrogens with one attached hydrogen (secondary N) is 3. The minimum atomic E-state index is -0.384. The number of fused-ring (bicyclic) bond motifs is 2. The number of benzene rings is 1. The second-order valence-electron chi connectivity index (χ2n) is 6.27. The molecule has 0 aliphatic heterocycles. The SMILES string of the molecule is Cc1nc2ccc(NC(=O)Nc3cc(-c4cc5ccccc5s4)[nH]n3)cn2n1. The topological polar surface area (TPSA) is 100 Å². The van der Waals surface area contributed by atoms with Gasteiger partial charge in [0.1, 0.15) is 5.82 Å². The summed E-state index contributed by atoms with van der Waals surface area (Å²) in [5.74, 6) is 1.12. The molecule has 0 saturated carbocycles. The summed E-state index contributed by atoms with van der Waals surface area (Å²) in [4.78, 5) is 17.6. The lowest BCUT2D eigenvalue weighted by molar-refractivity contribution is 0.262. The molecule has 0 atom stereocenters. The molecule has 0 aliphatic carbocycles. The summed E-state index contributed by atoms with van der Waals surface area (Å²) in [7, 11) is 0. The van der Waals surface area contributed by atoms with Crippen LogP contribution < -0.4 is 10.6 Å². The van der Waals surface area contributed by atoms with Gasteiger partial charge in [-0.15, -0.1) is 11.3 Å². The van der Waals surface area contributed by atoms with Crippen LogP contribution >= 0.6 is 11.3 Å². The first-order valence-corrected chi connectivity index (χ1v) is 9.41. The van der Waals surface area contributed by atoms with Crippen LogP contribution in [0.4, 0.5) is 16.3 Å². The molecule has 5 aromatic rings. The fourth-order valence-electron chi connectivity index (χ4n) is 2.97. The Morgan fingerprint density at radius 1 is 1.14 bits per heavy atom. The normalized spacial score (nSPS) is 11.2. The summed E-state index contributed by atoms with van der Waals surface area (Å²) >= 11 is 1.67. The van der Waals surface area contributed by atoms with Crippen LogP contribution in [0.15, 0.2) is 54.7 Å². The van der Waals surface area contributed by atoms with Crippen LogP contribution in [0.5, 0.6) is 0 Å². The van der Waals surface area contributed by atoms with E-state index < -0.39 is 0 Å². The Bertz CT molecular complexity index is 1280. The van der Waals surface area contributed by atoms with Crippen molar-refractivity contribution in [2.75, 3.05) is 10.6 Å². The molecule has 0 unspecified atom stereocenters. The third-order valence-corrected chi connectivity index (χ3v) is 5.35. The first kappa shape index (κ1) is 16.5. The molecular weight excluding hydrogens is 374 g/mol. The van der Waals surface area contributed by atoms with Gasteiger partial charge in [-0.3, -0.25) is 10.4 Å². The van der Waals surface area contributed by atoms with Crippen molar-refractivity contribution >= 4 is 44.6 Å². The van der Waals surface area contributed by atoms with E-state index in [1.807, 2.05) is 25.1 Å². The molecule has 3 N–H and O–H groups in total. The molecule has 0 radical (unpaired) electrons. The van der Waals surface area contributed by atoms with Crippen LogP contribution in [-0.2, 0) is 0 Å². The Morgan fingerprint density at radius 2 is 2.04 bits per heavy atom. The van der Waals surface area contributed by atoms with Gasteiger partial charge in [0.15, 0.2) is 11.5 Å². The fraction of sp³-hybridized carbons (Fsp3) is 0.0526. The van der Waals surface area contributed by atoms with Crippen LogP contribution in [0.1, 0.15) is 5.82 Å². The predicted molar refractivity (Wildman–Crippen MR) is 110 cm³/mol. The number of aryl methyl sites for hydroxylation is 1. The van der Waals surface area contributed by atoms with Crippen molar-refractivity contribution < 1.29 is 4.79 Å². The number of aromatic amines is 1. The lowest BCUT2D eigenvalue weighted by Crippen LogP contribution is -2.19. The average Bonchev–Trinajstić information content (AvgIpc) is 3.37. The monoisotopic (exact) mass is 389 g/mol. The van der Waals surface area contributed by atoms with Crippen molar-refractivity contribution in [3.05, 3.63) is 60.6 Å². The average molecular weight is 389 g/mol. The highest BCUT2D eigenvalue weighted by Gasteiger charge is 2.10. The minimum Gasteiger partial charge on any atom is -0.306 e. The van der Waals surface area contributed by atoms with E-state index in [2.05, 4.69) is 49.1 Å². The van der Waals surface area contributed by atoms with E-state index in [1.165, 1.54) is 10.1 Å². The maximum Gasteiger partial charge on any atom is 0.324 e. The van der Waals surface area contributed by atoms with Crippen molar-refractivity contribution in [1.82, 2.24) is 24.8 Å². The summed E-state index contributed by atoms with van der Waals surface area (Å²) in [6.07, 6.45) is 1.71. The van der Waals surface area contributed by atoms with E-state index in [0.717, 1.165) is 16.2 Å². The van der Waals surface area contributed by atoms with Gasteiger partial charge in [-0.1, -0.05) is 18.2 Å². The second kappa shape index (κ2) is 6.46.